The van der Waals surface area contributed by atoms with Gasteiger partial charge in [0.2, 0.25) is 11.8 Å². The van der Waals surface area contributed by atoms with Crippen LogP contribution in [0.4, 0.5) is 42.1 Å². The number of carbonyl (C=O) groups excluding carboxylic acids is 6. The van der Waals surface area contributed by atoms with Crippen LogP contribution in [-0.4, -0.2) is 69.4 Å². The number of ketones is 1. The first-order chi connectivity index (χ1) is 40.8. The van der Waals surface area contributed by atoms with Crippen LogP contribution in [0.1, 0.15) is 99.4 Å². The average Bonchev–Trinajstić information content (AvgIpc) is 1.88. The molecule has 12 rings (SSSR count). The molecule has 3 aromatic carbocycles. The third kappa shape index (κ3) is 14.7. The van der Waals surface area contributed by atoms with Crippen molar-refractivity contribution in [1.82, 2.24) is 44.7 Å². The van der Waals surface area contributed by atoms with Crippen LogP contribution in [0.3, 0.4) is 0 Å². The molecule has 0 spiro atoms. The second kappa shape index (κ2) is 26.1. The largest absolute Gasteiger partial charge is 0.384 e. The lowest BCUT2D eigenvalue weighted by Crippen LogP contribution is -2.46. The Morgan fingerprint density at radius 1 is 0.593 bits per heavy atom. The first-order valence-electron chi connectivity index (χ1n) is 25.9. The molecule has 5 aromatic heterocycles. The third-order valence-electron chi connectivity index (χ3n) is 13.3. The van der Waals surface area contributed by atoms with Gasteiger partial charge in [0.05, 0.1) is 0 Å². The second-order valence-corrected chi connectivity index (χ2v) is 20.6. The average molecular weight is 1220 g/mol. The molecule has 2 aliphatic heterocycles. The molecule has 2 atom stereocenters. The number of anilines is 5. The van der Waals surface area contributed by atoms with Gasteiger partial charge in [0.15, 0.2) is 5.78 Å². The summed E-state index contributed by atoms with van der Waals surface area (Å²) in [6.07, 6.45) is 6.30. The molecule has 2 unspecified atom stereocenters. The molecule has 7 heterocycles. The first kappa shape index (κ1) is 61.7. The van der Waals surface area contributed by atoms with Gasteiger partial charge in [0, 0.05) is 40.7 Å². The van der Waals surface area contributed by atoms with Crippen LogP contribution in [-0.2, 0) is 20.9 Å². The van der Waals surface area contributed by atoms with E-state index in [2.05, 4.69) is 51.5 Å². The van der Waals surface area contributed by atoms with E-state index in [9.17, 15) is 56.3 Å². The Hall–Kier alpha value is -10.3. The van der Waals surface area contributed by atoms with Crippen molar-refractivity contribution in [2.45, 2.75) is 57.8 Å². The predicted octanol–water partition coefficient (Wildman–Crippen LogP) is 7.00. The van der Waals surface area contributed by atoms with Crippen molar-refractivity contribution in [2.24, 2.45) is 17.6 Å². The Bertz CT molecular complexity index is 4180. The number of H-pyrrole nitrogens is 1. The number of nitrogens with two attached hydrogens (primary N) is 2. The topological polar surface area (TPSA) is 343 Å². The maximum Gasteiger partial charge on any atom is 0.277 e. The van der Waals surface area contributed by atoms with E-state index in [4.69, 9.17) is 34.7 Å². The van der Waals surface area contributed by atoms with Crippen LogP contribution in [0.25, 0.3) is 0 Å². The minimum absolute atomic E-state index is 0.00729. The Kier molecular flexibility index (Phi) is 18.7. The van der Waals surface area contributed by atoms with Crippen LogP contribution in [0, 0.1) is 29.3 Å². The second-order valence-electron chi connectivity index (χ2n) is 19.8. The van der Waals surface area contributed by atoms with E-state index in [1.54, 1.807) is 38.1 Å². The number of rotatable bonds is 10. The molecule has 8 aromatic rings. The van der Waals surface area contributed by atoms with E-state index in [0.717, 1.165) is 25.7 Å². The van der Waals surface area contributed by atoms with Gasteiger partial charge in [-0.2, -0.15) is 0 Å². The minimum atomic E-state index is -1.27. The van der Waals surface area contributed by atoms with Gasteiger partial charge in [0.25, 0.3) is 34.4 Å². The molecule has 2 fully saturated rings. The number of nitrogens with zero attached hydrogens (tertiary/aromatic N) is 6. The highest BCUT2D eigenvalue weighted by atomic mass is 35.5. The van der Waals surface area contributed by atoms with E-state index in [1.165, 1.54) is 126 Å². The molecule has 86 heavy (non-hydrogen) atoms. The van der Waals surface area contributed by atoms with Crippen LogP contribution < -0.4 is 54.7 Å². The van der Waals surface area contributed by atoms with Gasteiger partial charge < -0.3 is 43.0 Å². The fourth-order valence-electron chi connectivity index (χ4n) is 8.58. The minimum Gasteiger partial charge on any atom is -0.384 e. The van der Waals surface area contributed by atoms with Crippen molar-refractivity contribution >= 4 is 87.5 Å². The number of aromatic amines is 1. The zero-order valence-corrected chi connectivity index (χ0v) is 47.1. The lowest BCUT2D eigenvalue weighted by atomic mass is 10.0. The van der Waals surface area contributed by atoms with Crippen molar-refractivity contribution in [3.05, 3.63) is 226 Å². The van der Waals surface area contributed by atoms with E-state index < -0.39 is 57.4 Å². The molecule has 0 radical (unpaired) electrons. The molecule has 442 valence electrons. The number of aromatic nitrogens is 7. The summed E-state index contributed by atoms with van der Waals surface area (Å²) in [6, 6.07) is 28.7. The maximum atomic E-state index is 13.9. The molecule has 10 N–H and O–H groups in total. The smallest absolute Gasteiger partial charge is 0.277 e. The van der Waals surface area contributed by atoms with E-state index >= 15 is 0 Å². The normalized spacial score (nSPS) is 16.6. The van der Waals surface area contributed by atoms with Crippen LogP contribution in [0.5, 0.6) is 0 Å². The number of Topliss-reactive ketones (excluding diaryl/α,β-unsaturated/α-hetero) is 1. The number of halogens is 5. The fraction of sp³-hybridized carbons (Fsp3) is 0.190. The fourth-order valence-corrected chi connectivity index (χ4v) is 8.84. The number of pyridine rings is 3. The Balaban J connectivity index is 0.000000152. The molecule has 0 bridgehead atoms. The van der Waals surface area contributed by atoms with Gasteiger partial charge in [-0.05, 0) is 119 Å². The summed E-state index contributed by atoms with van der Waals surface area (Å²) in [4.78, 5) is 123. The molecule has 0 saturated heterocycles. The molecule has 28 heteroatoms. The van der Waals surface area contributed by atoms with Crippen LogP contribution in [0.2, 0.25) is 10.0 Å². The van der Waals surface area contributed by atoms with E-state index in [-0.39, 0.29) is 68.1 Å². The van der Waals surface area contributed by atoms with Crippen molar-refractivity contribution < 1.29 is 41.9 Å². The van der Waals surface area contributed by atoms with E-state index in [0.29, 0.717) is 40.0 Å². The Labute approximate surface area is 495 Å². The number of nitrogen functional groups attached to an aromatic ring is 1. The number of carbonyl (C=O) groups is 6. The number of benzene rings is 3. The number of nitrogens with one attached hydrogen (secondary N) is 6. The van der Waals surface area contributed by atoms with Gasteiger partial charge >= 0.3 is 0 Å². The summed E-state index contributed by atoms with van der Waals surface area (Å²) >= 11 is 11.2. The predicted molar refractivity (Wildman–Crippen MR) is 311 cm³/mol. The monoisotopic (exact) mass is 1210 g/mol. The highest BCUT2D eigenvalue weighted by Gasteiger charge is 2.43. The number of hydrogen-bond acceptors (Lipinski definition) is 15. The first-order valence-corrected chi connectivity index (χ1v) is 26.7. The van der Waals surface area contributed by atoms with Gasteiger partial charge in [-0.25, -0.2) is 33.1 Å². The zero-order valence-electron chi connectivity index (χ0n) is 45.6. The highest BCUT2D eigenvalue weighted by molar-refractivity contribution is 6.30. The SMILES string of the molecule is CC(=O)c1cccc(F)c1.CC1(c2cccc(F)c2)NC(=O)c2ccc(Cl)c(=O)n21.CC1(c2cccc(F)c2)NC(=O)c2ccc(Nc3cc(NC(=O)C4CC4)ncn3)c(=O)n21.NC(=O)c1ccc(Cl)c(=O)[nH]1.Nc1cc(NC(=O)C2CC2)ncn1. The van der Waals surface area contributed by atoms with Crippen molar-refractivity contribution in [2.75, 3.05) is 21.7 Å². The molecular weight excluding hydrogens is 1160 g/mol. The lowest BCUT2D eigenvalue weighted by Gasteiger charge is -2.28. The summed E-state index contributed by atoms with van der Waals surface area (Å²) in [5, 5.41) is 13.9. The van der Waals surface area contributed by atoms with Gasteiger partial charge in [-0.15, -0.1) is 0 Å². The number of primary amides is 1. The summed E-state index contributed by atoms with van der Waals surface area (Å²) in [7, 11) is 0. The van der Waals surface area contributed by atoms with Crippen molar-refractivity contribution in [3.8, 4) is 0 Å². The Morgan fingerprint density at radius 2 is 1.07 bits per heavy atom. The molecule has 4 aliphatic rings. The van der Waals surface area contributed by atoms with Gasteiger partial charge in [0.1, 0.15) is 97.5 Å². The molecular formula is C58H51Cl2F3N14O9. The van der Waals surface area contributed by atoms with Crippen molar-refractivity contribution in [1.29, 1.82) is 0 Å². The molecule has 5 amide bonds. The zero-order chi connectivity index (χ0) is 62.2. The summed E-state index contributed by atoms with van der Waals surface area (Å²) in [5.74, 6) is -1.33. The highest BCUT2D eigenvalue weighted by Crippen LogP contribution is 2.33. The lowest BCUT2D eigenvalue weighted by molar-refractivity contribution is -0.118. The van der Waals surface area contributed by atoms with Crippen molar-refractivity contribution in [3.63, 3.8) is 0 Å². The van der Waals surface area contributed by atoms with Crippen LogP contribution >= 0.6 is 23.2 Å². The summed E-state index contributed by atoms with van der Waals surface area (Å²) < 4.78 is 42.2. The Morgan fingerprint density at radius 3 is 1.55 bits per heavy atom. The maximum absolute atomic E-state index is 13.9. The van der Waals surface area contributed by atoms with E-state index in [1.807, 2.05) is 0 Å². The quantitative estimate of drug-likeness (QED) is 0.0639. The van der Waals surface area contributed by atoms with Crippen LogP contribution in [0.15, 0.2) is 148 Å². The third-order valence-corrected chi connectivity index (χ3v) is 13.9. The molecule has 23 nitrogen and oxygen atoms in total. The summed E-state index contributed by atoms with van der Waals surface area (Å²) in [5.41, 5.74) is 8.27. The molecule has 2 saturated carbocycles. The number of fused-ring (bicyclic) bond motifs is 2. The number of amides is 5. The van der Waals surface area contributed by atoms with Gasteiger partial charge in [-0.3, -0.25) is 52.3 Å². The molecule has 2 aliphatic carbocycles. The summed E-state index contributed by atoms with van der Waals surface area (Å²) in [6.45, 7) is 4.68. The standard InChI is InChI=1S/C22H19FN6O3.C14H10ClFN2O2.C8H7FO.C8H10N4O.C6H5ClN2O2/c1-22(13-3-2-4-14(23)9-13)28-20(31)16-8-7-15(21(32)29(16)22)26-17-10-18(25-11-24-17)27-19(30)12-5-6-12;1-14(8-3-2-4-9(16)7-8)17-12(19)11-6-5-10(15)13(20)18(11)14;1-6(10)7-3-2-4-8(9)5-7;9-6-3-7(11-4-10-6)12-8(13)5-1-2-5;7-3-1-2-4(5(8)10)9-6(3)11/h2-4,7-12H,5-6H2,1H3,(H,28,31)(H2,24,25,26,27,30);2-7H,1H3,(H,17,19);2-5H,1H3;3-5H,1-2H2,(H3,9,10,11,12,13);1-2H,(H2,8,10)(H,9,11). The number of hydrogen-bond donors (Lipinski definition) is 8. The van der Waals surface area contributed by atoms with Gasteiger partial charge in [-0.1, -0.05) is 59.6 Å².